The monoisotopic (exact) mass is 391 g/mol. The molecule has 0 unspecified atom stereocenters. The number of carbonyl (C=O) groups is 1. The summed E-state index contributed by atoms with van der Waals surface area (Å²) in [6.07, 6.45) is 2.63. The number of nitrogens with zero attached hydrogens (tertiary/aromatic N) is 4. The van der Waals surface area contributed by atoms with Gasteiger partial charge in [0.1, 0.15) is 11.2 Å². The Kier molecular flexibility index (Phi) is 5.09. The van der Waals surface area contributed by atoms with Gasteiger partial charge in [0, 0.05) is 38.3 Å². The number of nitrogens with one attached hydrogen (secondary N) is 1. The van der Waals surface area contributed by atoms with E-state index in [0.29, 0.717) is 17.2 Å². The molecule has 2 heterocycles. The first kappa shape index (κ1) is 17.7. The molecule has 0 bridgehead atoms. The molecule has 2 aliphatic rings. The minimum atomic E-state index is -0.472. The molecule has 0 atom stereocenters. The zero-order chi connectivity index (χ0) is 18.1. The minimum Gasteiger partial charge on any atom is -0.301 e. The lowest BCUT2D eigenvalue weighted by Gasteiger charge is -2.34. The van der Waals surface area contributed by atoms with Gasteiger partial charge in [-0.15, -0.1) is 0 Å². The second-order valence-corrected chi connectivity index (χ2v) is 8.41. The smallest absolute Gasteiger partial charge is 0.240 e. The average molecular weight is 391 g/mol. The van der Waals surface area contributed by atoms with Crippen LogP contribution in [-0.2, 0) is 4.79 Å². The van der Waals surface area contributed by atoms with E-state index in [1.54, 1.807) is 6.07 Å². The van der Waals surface area contributed by atoms with Gasteiger partial charge in [-0.2, -0.15) is 5.26 Å². The number of anilines is 1. The zero-order valence-corrected chi connectivity index (χ0v) is 15.7. The molecule has 26 heavy (non-hydrogen) atoms. The Morgan fingerprint density at radius 2 is 2.15 bits per heavy atom. The minimum absolute atomic E-state index is 0.101. The van der Waals surface area contributed by atoms with Crippen LogP contribution in [0.5, 0.6) is 0 Å². The fourth-order valence-corrected chi connectivity index (χ4v) is 4.61. The van der Waals surface area contributed by atoms with E-state index in [1.807, 2.05) is 5.40 Å². The summed E-state index contributed by atoms with van der Waals surface area (Å²) in [7, 11) is 0. The number of aromatic nitrogens is 1. The Morgan fingerprint density at radius 1 is 1.38 bits per heavy atom. The van der Waals surface area contributed by atoms with Gasteiger partial charge in [-0.25, -0.2) is 9.37 Å². The number of piperazine rings is 1. The van der Waals surface area contributed by atoms with E-state index in [-0.39, 0.29) is 10.8 Å². The molecule has 1 saturated heterocycles. The van der Waals surface area contributed by atoms with Crippen LogP contribution in [0, 0.1) is 16.5 Å². The van der Waals surface area contributed by atoms with Crippen LogP contribution in [0.1, 0.15) is 12.8 Å². The molecule has 0 spiro atoms. The first-order valence-corrected chi connectivity index (χ1v) is 10.2. The van der Waals surface area contributed by atoms with Crippen LogP contribution in [0.4, 0.5) is 9.52 Å². The van der Waals surface area contributed by atoms with Gasteiger partial charge in [-0.1, -0.05) is 11.3 Å². The normalized spacial score (nSPS) is 18.8. The number of fused-ring (bicyclic) bond motifs is 1. The molecule has 1 N–H and O–H groups in total. The molecule has 2 fully saturated rings. The van der Waals surface area contributed by atoms with Crippen LogP contribution in [0.2, 0.25) is 0 Å². The Balaban J connectivity index is 1.36. The highest BCUT2D eigenvalue weighted by Crippen LogP contribution is 2.32. The Bertz CT molecular complexity index is 868. The average Bonchev–Trinajstić information content (AvgIpc) is 3.38. The third kappa shape index (κ3) is 3.99. The van der Waals surface area contributed by atoms with Crippen LogP contribution < -0.4 is 5.32 Å². The molecule has 1 aromatic heterocycles. The topological polar surface area (TPSA) is 72.3 Å². The number of thiazole rings is 1. The highest BCUT2D eigenvalue weighted by molar-refractivity contribution is 8.03. The maximum Gasteiger partial charge on any atom is 0.240 e. The third-order valence-corrected chi connectivity index (χ3v) is 6.24. The number of carbonyl (C=O) groups excluding carboxylic acids is 1. The first-order chi connectivity index (χ1) is 12.6. The molecule has 1 aliphatic carbocycles. The number of thiocyanates is 1. The number of thioether (sulfide) groups is 1. The lowest BCUT2D eigenvalue weighted by atomic mass is 10.3. The molecule has 4 rings (SSSR count). The number of amides is 1. The number of halogens is 1. The second kappa shape index (κ2) is 7.48. The molecule has 9 heteroatoms. The molecule has 136 valence electrons. The van der Waals surface area contributed by atoms with Crippen molar-refractivity contribution in [2.45, 2.75) is 23.8 Å². The largest absolute Gasteiger partial charge is 0.301 e. The van der Waals surface area contributed by atoms with Crippen molar-refractivity contribution < 1.29 is 9.18 Å². The van der Waals surface area contributed by atoms with Crippen molar-refractivity contribution in [3.63, 3.8) is 0 Å². The molecular weight excluding hydrogens is 373 g/mol. The third-order valence-electron chi connectivity index (χ3n) is 4.68. The van der Waals surface area contributed by atoms with Crippen LogP contribution in [0.15, 0.2) is 17.0 Å². The Hall–Kier alpha value is -1.73. The summed E-state index contributed by atoms with van der Waals surface area (Å²) in [6.45, 7) is 4.21. The number of rotatable bonds is 5. The van der Waals surface area contributed by atoms with Crippen molar-refractivity contribution in [3.8, 4) is 5.40 Å². The summed E-state index contributed by atoms with van der Waals surface area (Å²) in [5.41, 5.74) is 0.489. The van der Waals surface area contributed by atoms with Crippen molar-refractivity contribution in [2.75, 3.05) is 38.0 Å². The lowest BCUT2D eigenvalue weighted by Crippen LogP contribution is -2.49. The fraction of sp³-hybridized carbons (Fsp3) is 0.471. The zero-order valence-electron chi connectivity index (χ0n) is 14.1. The fourth-order valence-electron chi connectivity index (χ4n) is 3.20. The molecule has 6 nitrogen and oxygen atoms in total. The first-order valence-electron chi connectivity index (χ1n) is 8.54. The Labute approximate surface area is 159 Å². The van der Waals surface area contributed by atoms with E-state index in [4.69, 9.17) is 5.26 Å². The van der Waals surface area contributed by atoms with Crippen LogP contribution >= 0.6 is 23.1 Å². The summed E-state index contributed by atoms with van der Waals surface area (Å²) in [6, 6.07) is 3.68. The van der Waals surface area contributed by atoms with E-state index in [1.165, 1.54) is 30.2 Å². The van der Waals surface area contributed by atoms with Crippen molar-refractivity contribution in [1.82, 2.24) is 14.8 Å². The van der Waals surface area contributed by atoms with Crippen molar-refractivity contribution in [3.05, 3.63) is 17.9 Å². The van der Waals surface area contributed by atoms with Gasteiger partial charge in [0.05, 0.1) is 21.7 Å². The summed E-state index contributed by atoms with van der Waals surface area (Å²) >= 11 is 2.07. The van der Waals surface area contributed by atoms with E-state index in [2.05, 4.69) is 20.1 Å². The maximum absolute atomic E-state index is 13.9. The second-order valence-electron chi connectivity index (χ2n) is 6.55. The summed E-state index contributed by atoms with van der Waals surface area (Å²) in [5, 5.41) is 13.9. The van der Waals surface area contributed by atoms with E-state index >= 15 is 0 Å². The van der Waals surface area contributed by atoms with E-state index < -0.39 is 5.82 Å². The van der Waals surface area contributed by atoms with Gasteiger partial charge in [0.2, 0.25) is 5.91 Å². The number of benzene rings is 1. The summed E-state index contributed by atoms with van der Waals surface area (Å²) < 4.78 is 14.6. The molecular formula is C17H18FN5OS2. The van der Waals surface area contributed by atoms with Crippen molar-refractivity contribution in [2.24, 2.45) is 0 Å². The van der Waals surface area contributed by atoms with Crippen LogP contribution in [0.3, 0.4) is 0 Å². The Morgan fingerprint density at radius 3 is 2.85 bits per heavy atom. The van der Waals surface area contributed by atoms with Gasteiger partial charge >= 0.3 is 0 Å². The van der Waals surface area contributed by atoms with Gasteiger partial charge in [0.25, 0.3) is 0 Å². The standard InChI is InChI=1S/C17H18FN5OS2/c18-12-7-13-15(8-14(12)25-10-19)26-17(20-13)21-16(24)9-22-3-5-23(6-4-22)11-1-2-11/h7-8,11H,1-6,9H2,(H,20,21,24). The quantitative estimate of drug-likeness (QED) is 0.624. The van der Waals surface area contributed by atoms with Crippen molar-refractivity contribution in [1.29, 1.82) is 5.26 Å². The van der Waals surface area contributed by atoms with Gasteiger partial charge < -0.3 is 5.32 Å². The molecule has 1 aromatic carbocycles. The van der Waals surface area contributed by atoms with Crippen LogP contribution in [-0.4, -0.2) is 59.5 Å². The maximum atomic E-state index is 13.9. The molecule has 1 aliphatic heterocycles. The molecule has 2 aromatic rings. The predicted octanol–water partition coefficient (Wildman–Crippen LogP) is 2.73. The molecule has 0 radical (unpaired) electrons. The highest BCUT2D eigenvalue weighted by atomic mass is 32.2. The summed E-state index contributed by atoms with van der Waals surface area (Å²) in [5.74, 6) is -0.572. The lowest BCUT2D eigenvalue weighted by molar-refractivity contribution is -0.117. The van der Waals surface area contributed by atoms with E-state index in [0.717, 1.165) is 48.7 Å². The predicted molar refractivity (Wildman–Crippen MR) is 101 cm³/mol. The molecule has 1 amide bonds. The van der Waals surface area contributed by atoms with Crippen molar-refractivity contribution >= 4 is 44.4 Å². The summed E-state index contributed by atoms with van der Waals surface area (Å²) in [4.78, 5) is 21.5. The number of nitriles is 1. The van der Waals surface area contributed by atoms with Gasteiger partial charge in [-0.3, -0.25) is 14.6 Å². The SMILES string of the molecule is N#CSc1cc2sc(NC(=O)CN3CCN(C4CC4)CC3)nc2cc1F. The number of hydrogen-bond donors (Lipinski definition) is 1. The number of hydrogen-bond acceptors (Lipinski definition) is 7. The van der Waals surface area contributed by atoms with Gasteiger partial charge in [-0.05, 0) is 30.7 Å². The highest BCUT2D eigenvalue weighted by Gasteiger charge is 2.31. The molecule has 1 saturated carbocycles. The van der Waals surface area contributed by atoms with Gasteiger partial charge in [0.15, 0.2) is 5.13 Å². The van der Waals surface area contributed by atoms with Crippen LogP contribution in [0.25, 0.3) is 10.2 Å². The van der Waals surface area contributed by atoms with E-state index in [9.17, 15) is 9.18 Å².